The van der Waals surface area contributed by atoms with Crippen LogP contribution < -0.4 is 4.74 Å². The number of nitrogens with zero attached hydrogens (tertiary/aromatic N) is 2. The Labute approximate surface area is 175 Å². The lowest BCUT2D eigenvalue weighted by atomic mass is 10.1. The number of carbonyl (C=O) groups excluding carboxylic acids is 1. The molecule has 0 bridgehead atoms. The van der Waals surface area contributed by atoms with Crippen LogP contribution in [0.2, 0.25) is 5.02 Å². The molecule has 0 unspecified atom stereocenters. The Hall–Kier alpha value is -2.76. The third-order valence-corrected chi connectivity index (χ3v) is 5.06. The van der Waals surface area contributed by atoms with Gasteiger partial charge in [0, 0.05) is 26.0 Å². The average Bonchev–Trinajstić information content (AvgIpc) is 2.68. The Morgan fingerprint density at radius 2 is 1.75 bits per heavy atom. The lowest BCUT2D eigenvalue weighted by Crippen LogP contribution is -1.97. The minimum absolute atomic E-state index is 0.0000813. The van der Waals surface area contributed by atoms with Crippen molar-refractivity contribution in [2.24, 2.45) is 0 Å². The van der Waals surface area contributed by atoms with Gasteiger partial charge in [-0.2, -0.15) is 9.97 Å². The zero-order chi connectivity index (χ0) is 19.7. The highest BCUT2D eigenvalue weighted by Gasteiger charge is 2.14. The molecule has 1 heterocycles. The van der Waals surface area contributed by atoms with E-state index in [0.29, 0.717) is 22.0 Å². The second-order valence-corrected chi connectivity index (χ2v) is 7.50. The molecular formula is C22H14BrClN2O2. The van der Waals surface area contributed by atoms with Crippen molar-refractivity contribution in [2.75, 3.05) is 0 Å². The van der Waals surface area contributed by atoms with Crippen LogP contribution in [0.15, 0.2) is 71.2 Å². The molecule has 0 atom stereocenters. The van der Waals surface area contributed by atoms with Crippen molar-refractivity contribution < 1.29 is 9.53 Å². The number of ether oxygens (including phenoxy) is 1. The Kier molecular flexibility index (Phi) is 5.11. The first-order chi connectivity index (χ1) is 13.5. The average molecular weight is 454 g/mol. The summed E-state index contributed by atoms with van der Waals surface area (Å²) in [6, 6.07) is 20.4. The van der Waals surface area contributed by atoms with E-state index in [9.17, 15) is 4.79 Å². The number of halogens is 2. The number of hydrogen-bond acceptors (Lipinski definition) is 4. The minimum Gasteiger partial charge on any atom is -0.424 e. The van der Waals surface area contributed by atoms with Crippen LogP contribution in [-0.4, -0.2) is 15.8 Å². The van der Waals surface area contributed by atoms with E-state index in [1.165, 1.54) is 6.92 Å². The molecule has 3 aromatic carbocycles. The molecule has 0 N–H and O–H groups in total. The molecule has 0 spiro atoms. The van der Waals surface area contributed by atoms with Crippen molar-refractivity contribution in [3.63, 3.8) is 0 Å². The summed E-state index contributed by atoms with van der Waals surface area (Å²) in [5, 5.41) is 1.46. The van der Waals surface area contributed by atoms with Gasteiger partial charge in [-0.15, -0.1) is 0 Å². The molecule has 0 saturated heterocycles. The Bertz CT molecular complexity index is 1190. The molecule has 0 saturated carbocycles. The van der Waals surface area contributed by atoms with Gasteiger partial charge in [0.25, 0.3) is 0 Å². The van der Waals surface area contributed by atoms with Gasteiger partial charge in [0.2, 0.25) is 0 Å². The van der Waals surface area contributed by atoms with Crippen LogP contribution in [-0.2, 0) is 0 Å². The summed E-state index contributed by atoms with van der Waals surface area (Å²) >= 11 is 9.91. The predicted molar refractivity (Wildman–Crippen MR) is 114 cm³/mol. The van der Waals surface area contributed by atoms with Crippen LogP contribution >= 0.6 is 27.5 Å². The number of Topliss-reactive ketones (excluding diaryl/α,β-unsaturated/α-hetero) is 1. The van der Waals surface area contributed by atoms with Crippen molar-refractivity contribution in [3.8, 4) is 23.0 Å². The smallest absolute Gasteiger partial charge is 0.323 e. The number of fused-ring (bicyclic) bond motifs is 1. The molecular weight excluding hydrogens is 440 g/mol. The van der Waals surface area contributed by atoms with Gasteiger partial charge < -0.3 is 4.74 Å². The van der Waals surface area contributed by atoms with Gasteiger partial charge in [-0.05, 0) is 55.5 Å². The molecule has 1 aromatic heterocycles. The van der Waals surface area contributed by atoms with Gasteiger partial charge in [-0.25, -0.2) is 0 Å². The summed E-state index contributed by atoms with van der Waals surface area (Å²) in [5.41, 5.74) is 2.84. The Morgan fingerprint density at radius 3 is 2.46 bits per heavy atom. The highest BCUT2D eigenvalue weighted by molar-refractivity contribution is 9.10. The molecule has 0 aliphatic carbocycles. The molecule has 0 fully saturated rings. The van der Waals surface area contributed by atoms with Crippen LogP contribution in [0, 0.1) is 0 Å². The van der Waals surface area contributed by atoms with Crippen LogP contribution in [0.3, 0.4) is 0 Å². The second-order valence-electron chi connectivity index (χ2n) is 6.18. The molecule has 6 heteroatoms. The largest absolute Gasteiger partial charge is 0.424 e. The molecule has 0 amide bonds. The minimum atomic E-state index is 0.0000813. The van der Waals surface area contributed by atoms with E-state index in [4.69, 9.17) is 16.3 Å². The van der Waals surface area contributed by atoms with Gasteiger partial charge in [-0.1, -0.05) is 45.7 Å². The molecule has 0 radical (unpaired) electrons. The maximum Gasteiger partial charge on any atom is 0.323 e. The van der Waals surface area contributed by atoms with Gasteiger partial charge in [0.1, 0.15) is 5.75 Å². The summed E-state index contributed by atoms with van der Waals surface area (Å²) in [4.78, 5) is 20.6. The van der Waals surface area contributed by atoms with Gasteiger partial charge in [0.15, 0.2) is 5.78 Å². The van der Waals surface area contributed by atoms with E-state index >= 15 is 0 Å². The maximum absolute atomic E-state index is 11.4. The van der Waals surface area contributed by atoms with E-state index < -0.39 is 0 Å². The zero-order valence-electron chi connectivity index (χ0n) is 14.8. The fourth-order valence-electron chi connectivity index (χ4n) is 2.85. The van der Waals surface area contributed by atoms with Gasteiger partial charge in [-0.3, -0.25) is 4.79 Å². The van der Waals surface area contributed by atoms with Crippen molar-refractivity contribution in [3.05, 3.63) is 81.8 Å². The first-order valence-corrected chi connectivity index (χ1v) is 9.69. The first-order valence-electron chi connectivity index (χ1n) is 8.52. The number of ketones is 1. The quantitative estimate of drug-likeness (QED) is 0.322. The Morgan fingerprint density at radius 1 is 1.00 bits per heavy atom. The topological polar surface area (TPSA) is 52.1 Å². The standard InChI is InChI=1S/C22H14BrClN2O2/c1-13(27)14-6-9-16(10-7-14)28-22-25-20-11-8-15(23)12-18(20)21(26-22)17-4-2-3-5-19(17)24/h2-12H,1H3. The monoisotopic (exact) mass is 452 g/mol. The number of rotatable bonds is 4. The Balaban J connectivity index is 1.83. The highest BCUT2D eigenvalue weighted by atomic mass is 79.9. The van der Waals surface area contributed by atoms with Crippen LogP contribution in [0.5, 0.6) is 11.8 Å². The lowest BCUT2D eigenvalue weighted by Gasteiger charge is -2.11. The van der Waals surface area contributed by atoms with Crippen LogP contribution in [0.4, 0.5) is 0 Å². The third kappa shape index (κ3) is 3.77. The summed E-state index contributed by atoms with van der Waals surface area (Å²) in [6.07, 6.45) is 0. The number of hydrogen-bond donors (Lipinski definition) is 0. The SMILES string of the molecule is CC(=O)c1ccc(Oc2nc(-c3ccccc3Cl)c3cc(Br)ccc3n2)cc1. The molecule has 4 aromatic rings. The zero-order valence-corrected chi connectivity index (χ0v) is 17.2. The van der Waals surface area contributed by atoms with Gasteiger partial charge in [0.05, 0.1) is 11.2 Å². The normalized spacial score (nSPS) is 10.8. The summed E-state index contributed by atoms with van der Waals surface area (Å²) in [7, 11) is 0. The first kappa shape index (κ1) is 18.6. The fourth-order valence-corrected chi connectivity index (χ4v) is 3.43. The van der Waals surface area contributed by atoms with Crippen molar-refractivity contribution in [2.45, 2.75) is 6.92 Å². The van der Waals surface area contributed by atoms with E-state index in [2.05, 4.69) is 25.9 Å². The lowest BCUT2D eigenvalue weighted by molar-refractivity contribution is 0.101. The summed E-state index contributed by atoms with van der Waals surface area (Å²) in [5.74, 6) is 0.548. The van der Waals surface area contributed by atoms with Gasteiger partial charge >= 0.3 is 6.01 Å². The van der Waals surface area contributed by atoms with Crippen LogP contribution in [0.25, 0.3) is 22.2 Å². The summed E-state index contributed by atoms with van der Waals surface area (Å²) < 4.78 is 6.79. The van der Waals surface area contributed by atoms with Crippen LogP contribution in [0.1, 0.15) is 17.3 Å². The summed E-state index contributed by atoms with van der Waals surface area (Å²) in [6.45, 7) is 1.52. The maximum atomic E-state index is 11.4. The molecule has 4 nitrogen and oxygen atoms in total. The van der Waals surface area contributed by atoms with E-state index in [0.717, 1.165) is 20.9 Å². The molecule has 138 valence electrons. The molecule has 4 rings (SSSR count). The predicted octanol–water partition coefficient (Wildman–Crippen LogP) is 6.71. The van der Waals surface area contributed by atoms with Crippen molar-refractivity contribution in [1.82, 2.24) is 9.97 Å². The number of carbonyl (C=O) groups is 1. The van der Waals surface area contributed by atoms with Crippen molar-refractivity contribution in [1.29, 1.82) is 0 Å². The molecule has 0 aliphatic heterocycles. The molecule has 28 heavy (non-hydrogen) atoms. The number of aromatic nitrogens is 2. The fraction of sp³-hybridized carbons (Fsp3) is 0.0455. The number of benzene rings is 3. The van der Waals surface area contributed by atoms with E-state index in [1.807, 2.05) is 42.5 Å². The van der Waals surface area contributed by atoms with E-state index in [-0.39, 0.29) is 11.8 Å². The van der Waals surface area contributed by atoms with Crippen molar-refractivity contribution >= 4 is 44.2 Å². The highest BCUT2D eigenvalue weighted by Crippen LogP contribution is 2.34. The third-order valence-electron chi connectivity index (χ3n) is 4.24. The second kappa shape index (κ2) is 7.70. The molecule has 0 aliphatic rings. The van der Waals surface area contributed by atoms with E-state index in [1.54, 1.807) is 24.3 Å².